The van der Waals surface area contributed by atoms with Gasteiger partial charge in [0.25, 0.3) is 5.56 Å². The van der Waals surface area contributed by atoms with Crippen molar-refractivity contribution in [1.29, 1.82) is 0 Å². The van der Waals surface area contributed by atoms with Crippen molar-refractivity contribution in [2.75, 3.05) is 5.32 Å². The maximum absolute atomic E-state index is 12.6. The number of fused-ring (bicyclic) bond motifs is 1. The van der Waals surface area contributed by atoms with Gasteiger partial charge in [-0.15, -0.1) is 0 Å². The molecule has 0 bridgehead atoms. The second-order valence-corrected chi connectivity index (χ2v) is 6.51. The highest BCUT2D eigenvalue weighted by molar-refractivity contribution is 5.90. The Morgan fingerprint density at radius 3 is 2.68 bits per heavy atom. The van der Waals surface area contributed by atoms with Gasteiger partial charge in [0.1, 0.15) is 0 Å². The Morgan fingerprint density at radius 2 is 1.93 bits per heavy atom. The van der Waals surface area contributed by atoms with Crippen molar-refractivity contribution in [2.24, 2.45) is 0 Å². The highest BCUT2D eigenvalue weighted by Gasteiger charge is 2.08. The van der Waals surface area contributed by atoms with E-state index in [1.807, 2.05) is 55.6 Å². The van der Waals surface area contributed by atoms with Crippen LogP contribution in [0.3, 0.4) is 0 Å². The molecule has 4 rings (SSSR count). The molecule has 7 nitrogen and oxygen atoms in total. The van der Waals surface area contributed by atoms with E-state index in [1.165, 1.54) is 10.9 Å². The Morgan fingerprint density at radius 1 is 1.11 bits per heavy atom. The van der Waals surface area contributed by atoms with Crippen LogP contribution < -0.4 is 10.9 Å². The van der Waals surface area contributed by atoms with Gasteiger partial charge in [-0.25, -0.2) is 9.67 Å². The van der Waals surface area contributed by atoms with E-state index in [4.69, 9.17) is 0 Å². The van der Waals surface area contributed by atoms with Crippen LogP contribution in [-0.2, 0) is 11.3 Å². The number of carbonyl (C=O) groups is 1. The normalized spacial score (nSPS) is 10.9. The lowest BCUT2D eigenvalue weighted by atomic mass is 10.1. The van der Waals surface area contributed by atoms with Crippen molar-refractivity contribution in [1.82, 2.24) is 19.3 Å². The molecule has 28 heavy (non-hydrogen) atoms. The van der Waals surface area contributed by atoms with E-state index in [0.29, 0.717) is 16.6 Å². The number of nitrogens with one attached hydrogen (secondary N) is 1. The first-order valence-electron chi connectivity index (χ1n) is 8.96. The van der Waals surface area contributed by atoms with Crippen LogP contribution >= 0.6 is 0 Å². The third kappa shape index (κ3) is 3.55. The summed E-state index contributed by atoms with van der Waals surface area (Å²) in [4.78, 5) is 29.2. The Hall–Kier alpha value is -3.74. The first-order chi connectivity index (χ1) is 13.6. The van der Waals surface area contributed by atoms with Crippen molar-refractivity contribution in [2.45, 2.75) is 19.9 Å². The zero-order valence-electron chi connectivity index (χ0n) is 15.4. The molecule has 4 aromatic rings. The predicted octanol–water partition coefficient (Wildman–Crippen LogP) is 2.92. The van der Waals surface area contributed by atoms with Gasteiger partial charge in [-0.3, -0.25) is 14.2 Å². The molecule has 0 unspecified atom stereocenters. The van der Waals surface area contributed by atoms with Crippen molar-refractivity contribution >= 4 is 22.5 Å². The number of carbonyl (C=O) groups excluding carboxylic acids is 1. The van der Waals surface area contributed by atoms with Crippen LogP contribution in [-0.4, -0.2) is 25.2 Å². The molecule has 2 aromatic heterocycles. The molecule has 0 aliphatic heterocycles. The van der Waals surface area contributed by atoms with Crippen molar-refractivity contribution in [3.8, 4) is 5.69 Å². The van der Waals surface area contributed by atoms with E-state index in [0.717, 1.165) is 11.3 Å². The Labute approximate surface area is 161 Å². The van der Waals surface area contributed by atoms with Gasteiger partial charge < -0.3 is 5.32 Å². The van der Waals surface area contributed by atoms with Gasteiger partial charge in [0, 0.05) is 31.0 Å². The van der Waals surface area contributed by atoms with E-state index in [2.05, 4.69) is 15.4 Å². The second kappa shape index (κ2) is 7.48. The molecule has 7 heteroatoms. The van der Waals surface area contributed by atoms with Crippen LogP contribution in [0.5, 0.6) is 0 Å². The Balaban J connectivity index is 1.41. The summed E-state index contributed by atoms with van der Waals surface area (Å²) in [5, 5.41) is 7.58. The largest absolute Gasteiger partial charge is 0.326 e. The first kappa shape index (κ1) is 17.7. The third-order valence-electron chi connectivity index (χ3n) is 4.56. The first-order valence-corrected chi connectivity index (χ1v) is 8.96. The zero-order chi connectivity index (χ0) is 19.5. The van der Waals surface area contributed by atoms with Crippen LogP contribution in [0.25, 0.3) is 16.6 Å². The third-order valence-corrected chi connectivity index (χ3v) is 4.56. The van der Waals surface area contributed by atoms with Gasteiger partial charge >= 0.3 is 0 Å². The standard InChI is InChI=1S/C21H19N5O2/c1-15-4-2-5-18-20(15)22-14-25(21(18)28)13-10-19(27)24-16-6-8-17(9-7-16)26-12-3-11-23-26/h2-9,11-12,14H,10,13H2,1H3,(H,24,27). The van der Waals surface area contributed by atoms with Crippen LogP contribution in [0, 0.1) is 6.92 Å². The predicted molar refractivity (Wildman–Crippen MR) is 108 cm³/mol. The molecule has 0 fully saturated rings. The summed E-state index contributed by atoms with van der Waals surface area (Å²) in [7, 11) is 0. The minimum absolute atomic E-state index is 0.134. The van der Waals surface area contributed by atoms with Gasteiger partial charge in [0.05, 0.1) is 22.9 Å². The molecular formula is C21H19N5O2. The number of aromatic nitrogens is 4. The van der Waals surface area contributed by atoms with Gasteiger partial charge in [0.2, 0.25) is 5.91 Å². The minimum Gasteiger partial charge on any atom is -0.326 e. The van der Waals surface area contributed by atoms with Gasteiger partial charge in [-0.2, -0.15) is 5.10 Å². The average Bonchev–Trinajstić information content (AvgIpc) is 3.23. The van der Waals surface area contributed by atoms with Crippen molar-refractivity contribution in [3.05, 3.63) is 83.2 Å². The summed E-state index contributed by atoms with van der Waals surface area (Å²) in [5.41, 5.74) is 3.13. The molecule has 0 aliphatic carbocycles. The molecule has 0 radical (unpaired) electrons. The highest BCUT2D eigenvalue weighted by Crippen LogP contribution is 2.13. The molecule has 140 valence electrons. The van der Waals surface area contributed by atoms with Gasteiger partial charge in [-0.1, -0.05) is 12.1 Å². The van der Waals surface area contributed by atoms with Crippen LogP contribution in [0.2, 0.25) is 0 Å². The number of amides is 1. The van der Waals surface area contributed by atoms with E-state index >= 15 is 0 Å². The SMILES string of the molecule is Cc1cccc2c(=O)n(CCC(=O)Nc3ccc(-n4cccn4)cc3)cnc12. The Bertz CT molecular complexity index is 1180. The summed E-state index contributed by atoms with van der Waals surface area (Å²) >= 11 is 0. The highest BCUT2D eigenvalue weighted by atomic mass is 16.1. The summed E-state index contributed by atoms with van der Waals surface area (Å²) in [6.07, 6.45) is 5.24. The maximum Gasteiger partial charge on any atom is 0.261 e. The van der Waals surface area contributed by atoms with Gasteiger partial charge in [0.15, 0.2) is 0 Å². The second-order valence-electron chi connectivity index (χ2n) is 6.51. The molecule has 0 saturated carbocycles. The van der Waals surface area contributed by atoms with Crippen molar-refractivity contribution < 1.29 is 4.79 Å². The maximum atomic E-state index is 12.6. The number of para-hydroxylation sites is 1. The quantitative estimate of drug-likeness (QED) is 0.583. The molecule has 1 N–H and O–H groups in total. The molecular weight excluding hydrogens is 354 g/mol. The molecule has 2 heterocycles. The van der Waals surface area contributed by atoms with E-state index in [1.54, 1.807) is 16.9 Å². The van der Waals surface area contributed by atoms with Crippen molar-refractivity contribution in [3.63, 3.8) is 0 Å². The van der Waals surface area contributed by atoms with Crippen LogP contribution in [0.4, 0.5) is 5.69 Å². The smallest absolute Gasteiger partial charge is 0.261 e. The number of aryl methyl sites for hydroxylation is 2. The number of rotatable bonds is 5. The number of nitrogens with zero attached hydrogens (tertiary/aromatic N) is 4. The fraction of sp³-hybridized carbons (Fsp3) is 0.143. The lowest BCUT2D eigenvalue weighted by Crippen LogP contribution is -2.23. The Kier molecular flexibility index (Phi) is 4.72. The van der Waals surface area contributed by atoms with E-state index in [-0.39, 0.29) is 24.4 Å². The minimum atomic E-state index is -0.164. The molecule has 1 amide bonds. The lowest BCUT2D eigenvalue weighted by Gasteiger charge is -2.09. The topological polar surface area (TPSA) is 81.8 Å². The number of anilines is 1. The zero-order valence-corrected chi connectivity index (χ0v) is 15.4. The molecule has 0 atom stereocenters. The monoisotopic (exact) mass is 373 g/mol. The van der Waals surface area contributed by atoms with Crippen LogP contribution in [0.15, 0.2) is 72.0 Å². The molecule has 0 saturated heterocycles. The van der Waals surface area contributed by atoms with E-state index in [9.17, 15) is 9.59 Å². The number of hydrogen-bond donors (Lipinski definition) is 1. The summed E-state index contributed by atoms with van der Waals surface area (Å²) in [5.74, 6) is -0.164. The van der Waals surface area contributed by atoms with Gasteiger partial charge in [-0.05, 0) is 48.9 Å². The number of benzene rings is 2. The molecule has 2 aromatic carbocycles. The summed E-state index contributed by atoms with van der Waals surface area (Å²) in [6, 6.07) is 14.8. The molecule has 0 aliphatic rings. The average molecular weight is 373 g/mol. The van der Waals surface area contributed by atoms with E-state index < -0.39 is 0 Å². The summed E-state index contributed by atoms with van der Waals surface area (Å²) in [6.45, 7) is 2.19. The molecule has 0 spiro atoms. The lowest BCUT2D eigenvalue weighted by molar-refractivity contribution is -0.116. The summed E-state index contributed by atoms with van der Waals surface area (Å²) < 4.78 is 3.22. The fourth-order valence-electron chi connectivity index (χ4n) is 3.06. The van der Waals surface area contributed by atoms with Crippen LogP contribution in [0.1, 0.15) is 12.0 Å². The fourth-order valence-corrected chi connectivity index (χ4v) is 3.06. The number of hydrogen-bond acceptors (Lipinski definition) is 4.